The van der Waals surface area contributed by atoms with Crippen LogP contribution < -0.4 is 0 Å². The fourth-order valence-corrected chi connectivity index (χ4v) is 2.36. The van der Waals surface area contributed by atoms with Gasteiger partial charge >= 0.3 is 0 Å². The Morgan fingerprint density at radius 3 is 3.00 bits per heavy atom. The highest BCUT2D eigenvalue weighted by atomic mass is 35.5. The van der Waals surface area contributed by atoms with Crippen molar-refractivity contribution in [1.82, 2.24) is 15.0 Å². The highest BCUT2D eigenvalue weighted by Crippen LogP contribution is 2.35. The molecule has 0 N–H and O–H groups in total. The van der Waals surface area contributed by atoms with Crippen LogP contribution in [0.1, 0.15) is 22.7 Å². The van der Waals surface area contributed by atoms with E-state index >= 15 is 0 Å². The van der Waals surface area contributed by atoms with Crippen LogP contribution in [0.3, 0.4) is 0 Å². The van der Waals surface area contributed by atoms with Crippen molar-refractivity contribution in [3.05, 3.63) is 47.3 Å². The van der Waals surface area contributed by atoms with E-state index in [1.54, 1.807) is 0 Å². The Kier molecular flexibility index (Phi) is 2.40. The van der Waals surface area contributed by atoms with Crippen LogP contribution in [-0.4, -0.2) is 15.0 Å². The highest BCUT2D eigenvalue weighted by molar-refractivity contribution is 6.16. The summed E-state index contributed by atoms with van der Waals surface area (Å²) in [4.78, 5) is 0. The van der Waals surface area contributed by atoms with E-state index in [-0.39, 0.29) is 0 Å². The Morgan fingerprint density at radius 1 is 1.38 bits per heavy atom. The molecule has 0 bridgehead atoms. The Bertz CT molecular complexity index is 506. The quantitative estimate of drug-likeness (QED) is 0.762. The minimum absolute atomic E-state index is 0.432. The van der Waals surface area contributed by atoms with Gasteiger partial charge in [-0.1, -0.05) is 29.5 Å². The molecule has 3 rings (SSSR count). The lowest BCUT2D eigenvalue weighted by molar-refractivity contribution is 0.465. The van der Waals surface area contributed by atoms with Gasteiger partial charge in [0.05, 0.1) is 11.6 Å². The second-order valence-electron chi connectivity index (χ2n) is 4.17. The first-order valence-corrected chi connectivity index (χ1v) is 5.93. The monoisotopic (exact) mass is 233 g/mol. The zero-order valence-electron chi connectivity index (χ0n) is 8.81. The van der Waals surface area contributed by atoms with Crippen LogP contribution in [0.25, 0.3) is 0 Å². The van der Waals surface area contributed by atoms with E-state index in [2.05, 4.69) is 34.6 Å². The summed E-state index contributed by atoms with van der Waals surface area (Å²) in [7, 11) is 0. The van der Waals surface area contributed by atoms with Crippen molar-refractivity contribution in [2.45, 2.75) is 24.8 Å². The van der Waals surface area contributed by atoms with Crippen molar-refractivity contribution in [3.63, 3.8) is 0 Å². The molecule has 1 aromatic carbocycles. The van der Waals surface area contributed by atoms with Gasteiger partial charge in [-0.05, 0) is 17.5 Å². The van der Waals surface area contributed by atoms with Crippen LogP contribution in [0.4, 0.5) is 0 Å². The second kappa shape index (κ2) is 3.91. The molecular formula is C12H12ClN3. The second-order valence-corrected chi connectivity index (χ2v) is 4.43. The van der Waals surface area contributed by atoms with Gasteiger partial charge in [-0.15, -0.1) is 16.7 Å². The fraction of sp³-hybridized carbons (Fsp3) is 0.333. The molecule has 1 heterocycles. The number of hydrogen-bond acceptors (Lipinski definition) is 2. The lowest BCUT2D eigenvalue weighted by Crippen LogP contribution is -2.22. The van der Waals surface area contributed by atoms with Crippen molar-refractivity contribution in [2.24, 2.45) is 0 Å². The van der Waals surface area contributed by atoms with Crippen LogP contribution in [0.2, 0.25) is 0 Å². The molecule has 16 heavy (non-hydrogen) atoms. The van der Waals surface area contributed by atoms with Crippen LogP contribution >= 0.6 is 11.6 Å². The Labute approximate surface area is 99.0 Å². The van der Waals surface area contributed by atoms with Crippen LogP contribution in [0.15, 0.2) is 30.5 Å². The predicted molar refractivity (Wildman–Crippen MR) is 62.5 cm³/mol. The number of aromatic nitrogens is 3. The van der Waals surface area contributed by atoms with Crippen molar-refractivity contribution in [1.29, 1.82) is 0 Å². The molecule has 2 aromatic rings. The van der Waals surface area contributed by atoms with Crippen LogP contribution in [-0.2, 0) is 18.8 Å². The summed E-state index contributed by atoms with van der Waals surface area (Å²) in [6, 6.07) is 8.58. The molecule has 1 aliphatic rings. The summed E-state index contributed by atoms with van der Waals surface area (Å²) in [6.07, 6.45) is 3.07. The normalized spacial score (nSPS) is 17.9. The molecule has 0 spiro atoms. The van der Waals surface area contributed by atoms with E-state index in [1.165, 1.54) is 11.1 Å². The molecule has 1 aliphatic carbocycles. The van der Waals surface area contributed by atoms with Gasteiger partial charge < -0.3 is 0 Å². The molecule has 0 aliphatic heterocycles. The molecule has 0 radical (unpaired) electrons. The molecule has 0 saturated carbocycles. The van der Waals surface area contributed by atoms with Crippen LogP contribution in [0, 0.1) is 0 Å². The van der Waals surface area contributed by atoms with Gasteiger partial charge in [0.25, 0.3) is 0 Å². The maximum atomic E-state index is 5.69. The third kappa shape index (κ3) is 1.61. The SMILES string of the molecule is ClCc1cn(CC2Cc3ccccc32)nn1. The zero-order valence-corrected chi connectivity index (χ0v) is 9.56. The molecule has 0 saturated heterocycles. The first-order valence-electron chi connectivity index (χ1n) is 5.39. The van der Waals surface area contributed by atoms with E-state index < -0.39 is 0 Å². The van der Waals surface area contributed by atoms with Crippen molar-refractivity contribution < 1.29 is 0 Å². The average molecular weight is 234 g/mol. The van der Waals surface area contributed by atoms with Gasteiger partial charge in [0.2, 0.25) is 0 Å². The average Bonchev–Trinajstić information content (AvgIpc) is 2.74. The van der Waals surface area contributed by atoms with Crippen molar-refractivity contribution >= 4 is 11.6 Å². The molecule has 0 fully saturated rings. The molecule has 0 amide bonds. The molecule has 1 unspecified atom stereocenters. The van der Waals surface area contributed by atoms with Gasteiger partial charge in [0.1, 0.15) is 0 Å². The fourth-order valence-electron chi connectivity index (χ4n) is 2.24. The van der Waals surface area contributed by atoms with Crippen molar-refractivity contribution in [2.75, 3.05) is 0 Å². The van der Waals surface area contributed by atoms with E-state index in [1.807, 2.05) is 10.9 Å². The molecule has 1 aromatic heterocycles. The van der Waals surface area contributed by atoms with Gasteiger partial charge in [-0.25, -0.2) is 0 Å². The minimum atomic E-state index is 0.432. The summed E-state index contributed by atoms with van der Waals surface area (Å²) >= 11 is 5.69. The van der Waals surface area contributed by atoms with E-state index in [0.29, 0.717) is 11.8 Å². The highest BCUT2D eigenvalue weighted by Gasteiger charge is 2.25. The maximum absolute atomic E-state index is 5.69. The first kappa shape index (κ1) is 9.85. The third-order valence-electron chi connectivity index (χ3n) is 3.09. The summed E-state index contributed by atoms with van der Waals surface area (Å²) in [5, 5.41) is 8.05. The first-order chi connectivity index (χ1) is 7.86. The molecule has 3 nitrogen and oxygen atoms in total. The Balaban J connectivity index is 1.74. The number of fused-ring (bicyclic) bond motifs is 1. The van der Waals surface area contributed by atoms with Crippen molar-refractivity contribution in [3.8, 4) is 0 Å². The van der Waals surface area contributed by atoms with Gasteiger partial charge in [0.15, 0.2) is 0 Å². The van der Waals surface area contributed by atoms with Gasteiger partial charge in [0, 0.05) is 18.7 Å². The largest absolute Gasteiger partial charge is 0.252 e. The van der Waals surface area contributed by atoms with E-state index in [9.17, 15) is 0 Å². The lowest BCUT2D eigenvalue weighted by Gasteiger charge is -2.29. The van der Waals surface area contributed by atoms with E-state index in [4.69, 9.17) is 11.6 Å². The summed E-state index contributed by atoms with van der Waals surface area (Å²) in [5.41, 5.74) is 3.75. The summed E-state index contributed by atoms with van der Waals surface area (Å²) in [5.74, 6) is 1.02. The number of nitrogens with zero attached hydrogens (tertiary/aromatic N) is 3. The number of rotatable bonds is 3. The van der Waals surface area contributed by atoms with E-state index in [0.717, 1.165) is 18.7 Å². The third-order valence-corrected chi connectivity index (χ3v) is 3.37. The number of alkyl halides is 1. The standard InChI is InChI=1S/C12H12ClN3/c13-6-11-8-16(15-14-11)7-10-5-9-3-1-2-4-12(9)10/h1-4,8,10H,5-7H2. The number of halogens is 1. The van der Waals surface area contributed by atoms with Gasteiger partial charge in [-0.3, -0.25) is 4.68 Å². The van der Waals surface area contributed by atoms with Gasteiger partial charge in [-0.2, -0.15) is 0 Å². The smallest absolute Gasteiger partial charge is 0.0974 e. The number of benzene rings is 1. The molecule has 1 atom stereocenters. The van der Waals surface area contributed by atoms with Crippen LogP contribution in [0.5, 0.6) is 0 Å². The zero-order chi connectivity index (χ0) is 11.0. The Hall–Kier alpha value is -1.35. The Morgan fingerprint density at radius 2 is 2.25 bits per heavy atom. The summed E-state index contributed by atoms with van der Waals surface area (Å²) < 4.78 is 1.89. The lowest BCUT2D eigenvalue weighted by atomic mass is 9.78. The topological polar surface area (TPSA) is 30.7 Å². The predicted octanol–water partition coefficient (Wildman–Crippen LogP) is 2.36. The minimum Gasteiger partial charge on any atom is -0.252 e. The maximum Gasteiger partial charge on any atom is 0.0974 e. The molecule has 82 valence electrons. The number of hydrogen-bond donors (Lipinski definition) is 0. The molecule has 4 heteroatoms. The summed E-state index contributed by atoms with van der Waals surface area (Å²) in [6.45, 7) is 0.904. The molecular weight excluding hydrogens is 222 g/mol.